The van der Waals surface area contributed by atoms with Gasteiger partial charge in [0.2, 0.25) is 11.9 Å². The number of amides is 1. The van der Waals surface area contributed by atoms with E-state index in [4.69, 9.17) is 0 Å². The molecule has 0 atom stereocenters. The van der Waals surface area contributed by atoms with Gasteiger partial charge in [-0.2, -0.15) is 9.49 Å². The molecular formula is C11H11FN4O. The Labute approximate surface area is 97.3 Å². The van der Waals surface area contributed by atoms with Gasteiger partial charge in [0.25, 0.3) is 0 Å². The number of halogens is 1. The first-order valence-corrected chi connectivity index (χ1v) is 5.14. The zero-order valence-electron chi connectivity index (χ0n) is 9.01. The number of anilines is 1. The highest BCUT2D eigenvalue weighted by Gasteiger charge is 2.04. The molecular weight excluding hydrogens is 223 g/mol. The maximum Gasteiger partial charge on any atom is 0.227 e. The number of hydrogen-bond donors (Lipinski definition) is 1. The fraction of sp³-hybridized carbons (Fsp3) is 0.182. The lowest BCUT2D eigenvalue weighted by Crippen LogP contribution is -2.15. The van der Waals surface area contributed by atoms with Crippen LogP contribution in [0.4, 0.5) is 10.2 Å². The molecule has 2 aromatic heterocycles. The lowest BCUT2D eigenvalue weighted by atomic mass is 10.4. The van der Waals surface area contributed by atoms with Gasteiger partial charge in [-0.3, -0.25) is 9.48 Å². The normalized spacial score (nSPS) is 10.2. The first-order valence-electron chi connectivity index (χ1n) is 5.14. The molecule has 0 aliphatic carbocycles. The van der Waals surface area contributed by atoms with E-state index in [0.717, 1.165) is 0 Å². The molecule has 0 bridgehead atoms. The Balaban J connectivity index is 1.85. The summed E-state index contributed by atoms with van der Waals surface area (Å²) in [6.07, 6.45) is 3.68. The number of nitrogens with one attached hydrogen (secondary N) is 1. The van der Waals surface area contributed by atoms with Crippen LogP contribution in [0.1, 0.15) is 6.42 Å². The number of aromatic nitrogens is 3. The molecule has 1 N–H and O–H groups in total. The Morgan fingerprint density at radius 2 is 2.29 bits per heavy atom. The van der Waals surface area contributed by atoms with Gasteiger partial charge in [0, 0.05) is 25.4 Å². The monoisotopic (exact) mass is 234 g/mol. The molecule has 0 saturated heterocycles. The van der Waals surface area contributed by atoms with E-state index >= 15 is 0 Å². The van der Waals surface area contributed by atoms with Crippen molar-refractivity contribution < 1.29 is 9.18 Å². The van der Waals surface area contributed by atoms with E-state index in [1.165, 1.54) is 18.2 Å². The smallest absolute Gasteiger partial charge is 0.227 e. The lowest BCUT2D eigenvalue weighted by molar-refractivity contribution is -0.116. The van der Waals surface area contributed by atoms with E-state index < -0.39 is 5.95 Å². The summed E-state index contributed by atoms with van der Waals surface area (Å²) in [5.41, 5.74) is 0. The molecule has 17 heavy (non-hydrogen) atoms. The molecule has 0 aliphatic heterocycles. The maximum absolute atomic E-state index is 12.8. The first-order chi connectivity index (χ1) is 8.24. The topological polar surface area (TPSA) is 59.8 Å². The van der Waals surface area contributed by atoms with Gasteiger partial charge in [0.1, 0.15) is 5.82 Å². The largest absolute Gasteiger partial charge is 0.311 e. The minimum Gasteiger partial charge on any atom is -0.311 e. The molecule has 2 rings (SSSR count). The molecule has 2 heterocycles. The lowest BCUT2D eigenvalue weighted by Gasteiger charge is -2.04. The van der Waals surface area contributed by atoms with Crippen LogP contribution in [0.5, 0.6) is 0 Å². The van der Waals surface area contributed by atoms with Gasteiger partial charge in [0.15, 0.2) is 0 Å². The standard InChI is InChI=1S/C11H11FN4O/c12-9-3-1-4-10(14-9)15-11(17)5-8-16-7-2-6-13-16/h1-4,6-7H,5,8H2,(H,14,15,17). The Morgan fingerprint density at radius 3 is 3.00 bits per heavy atom. The third-order valence-corrected chi connectivity index (χ3v) is 2.11. The van der Waals surface area contributed by atoms with Crippen molar-refractivity contribution in [3.63, 3.8) is 0 Å². The highest BCUT2D eigenvalue weighted by Crippen LogP contribution is 2.04. The summed E-state index contributed by atoms with van der Waals surface area (Å²) in [5.74, 6) is -0.621. The predicted octanol–water partition coefficient (Wildman–Crippen LogP) is 1.45. The van der Waals surface area contributed by atoms with Crippen LogP contribution in [0, 0.1) is 5.95 Å². The summed E-state index contributed by atoms with van der Waals surface area (Å²) >= 11 is 0. The third-order valence-electron chi connectivity index (χ3n) is 2.11. The van der Waals surface area contributed by atoms with E-state index in [9.17, 15) is 9.18 Å². The van der Waals surface area contributed by atoms with Crippen molar-refractivity contribution in [2.24, 2.45) is 0 Å². The molecule has 2 aromatic rings. The van der Waals surface area contributed by atoms with Gasteiger partial charge in [-0.1, -0.05) is 6.07 Å². The van der Waals surface area contributed by atoms with Gasteiger partial charge in [-0.15, -0.1) is 0 Å². The predicted molar refractivity (Wildman–Crippen MR) is 59.7 cm³/mol. The second-order valence-corrected chi connectivity index (χ2v) is 3.41. The minimum atomic E-state index is -0.616. The van der Waals surface area contributed by atoms with Crippen molar-refractivity contribution in [1.29, 1.82) is 0 Å². The van der Waals surface area contributed by atoms with Crippen LogP contribution < -0.4 is 5.32 Å². The number of nitrogens with zero attached hydrogens (tertiary/aromatic N) is 3. The molecule has 0 saturated carbocycles. The average Bonchev–Trinajstić information content (AvgIpc) is 2.79. The number of aryl methyl sites for hydroxylation is 1. The first kappa shape index (κ1) is 11.3. The van der Waals surface area contributed by atoms with Gasteiger partial charge in [0.05, 0.1) is 0 Å². The Morgan fingerprint density at radius 1 is 1.41 bits per heavy atom. The second-order valence-electron chi connectivity index (χ2n) is 3.41. The van der Waals surface area contributed by atoms with Crippen LogP contribution in [-0.4, -0.2) is 20.7 Å². The zero-order chi connectivity index (χ0) is 12.1. The van der Waals surface area contributed by atoms with Crippen molar-refractivity contribution in [2.45, 2.75) is 13.0 Å². The second kappa shape index (κ2) is 5.20. The highest BCUT2D eigenvalue weighted by atomic mass is 19.1. The summed E-state index contributed by atoms with van der Waals surface area (Å²) in [7, 11) is 0. The molecule has 0 unspecified atom stereocenters. The molecule has 0 fully saturated rings. The summed E-state index contributed by atoms with van der Waals surface area (Å²) in [6.45, 7) is 0.480. The molecule has 0 aliphatic rings. The fourth-order valence-electron chi connectivity index (χ4n) is 1.33. The van der Waals surface area contributed by atoms with Crippen LogP contribution in [0.3, 0.4) is 0 Å². The number of carbonyl (C=O) groups excluding carboxylic acids is 1. The molecule has 0 spiro atoms. The number of carbonyl (C=O) groups is 1. The van der Waals surface area contributed by atoms with Crippen molar-refractivity contribution in [1.82, 2.24) is 14.8 Å². The molecule has 5 nitrogen and oxygen atoms in total. The SMILES string of the molecule is O=C(CCn1cccn1)Nc1cccc(F)n1. The fourth-order valence-corrected chi connectivity index (χ4v) is 1.33. The molecule has 1 amide bonds. The number of hydrogen-bond acceptors (Lipinski definition) is 3. The summed E-state index contributed by atoms with van der Waals surface area (Å²) in [5, 5.41) is 6.48. The van der Waals surface area contributed by atoms with Gasteiger partial charge in [-0.25, -0.2) is 4.98 Å². The number of rotatable bonds is 4. The quantitative estimate of drug-likeness (QED) is 0.814. The molecule has 0 aromatic carbocycles. The van der Waals surface area contributed by atoms with Crippen LogP contribution in [0.25, 0.3) is 0 Å². The van der Waals surface area contributed by atoms with Crippen molar-refractivity contribution in [3.8, 4) is 0 Å². The summed E-state index contributed by atoms with van der Waals surface area (Å²) in [4.78, 5) is 15.0. The van der Waals surface area contributed by atoms with E-state index in [0.29, 0.717) is 6.54 Å². The van der Waals surface area contributed by atoms with Gasteiger partial charge < -0.3 is 5.32 Å². The van der Waals surface area contributed by atoms with Crippen LogP contribution in [0.2, 0.25) is 0 Å². The molecule has 88 valence electrons. The van der Waals surface area contributed by atoms with Gasteiger partial charge >= 0.3 is 0 Å². The summed E-state index contributed by atoms with van der Waals surface area (Å²) < 4.78 is 14.4. The maximum atomic E-state index is 12.8. The Kier molecular flexibility index (Phi) is 3.44. The van der Waals surface area contributed by atoms with Crippen molar-refractivity contribution >= 4 is 11.7 Å². The zero-order valence-corrected chi connectivity index (χ0v) is 9.01. The molecule has 0 radical (unpaired) electrons. The van der Waals surface area contributed by atoms with E-state index in [1.807, 2.05) is 0 Å². The third kappa shape index (κ3) is 3.37. The Bertz CT molecular complexity index is 498. The van der Waals surface area contributed by atoms with Crippen molar-refractivity contribution in [3.05, 3.63) is 42.6 Å². The molecule has 6 heteroatoms. The van der Waals surface area contributed by atoms with E-state index in [1.54, 1.807) is 23.1 Å². The van der Waals surface area contributed by atoms with E-state index in [-0.39, 0.29) is 18.1 Å². The van der Waals surface area contributed by atoms with Crippen LogP contribution in [0.15, 0.2) is 36.7 Å². The highest BCUT2D eigenvalue weighted by molar-refractivity contribution is 5.89. The van der Waals surface area contributed by atoms with Crippen LogP contribution in [-0.2, 0) is 11.3 Å². The van der Waals surface area contributed by atoms with E-state index in [2.05, 4.69) is 15.4 Å². The average molecular weight is 234 g/mol. The van der Waals surface area contributed by atoms with Gasteiger partial charge in [-0.05, 0) is 18.2 Å². The van der Waals surface area contributed by atoms with Crippen molar-refractivity contribution in [2.75, 3.05) is 5.32 Å². The summed E-state index contributed by atoms with van der Waals surface area (Å²) in [6, 6.07) is 6.03. The number of pyridine rings is 1. The van der Waals surface area contributed by atoms with Crippen LogP contribution >= 0.6 is 0 Å². The Hall–Kier alpha value is -2.24. The minimum absolute atomic E-state index is 0.218.